The Balaban J connectivity index is 1.50. The Morgan fingerprint density at radius 2 is 1.59 bits per heavy atom. The van der Waals surface area contributed by atoms with Crippen LogP contribution in [0.1, 0.15) is 27.4 Å². The van der Waals surface area contributed by atoms with Crippen LogP contribution in [0.2, 0.25) is 0 Å². The van der Waals surface area contributed by atoms with Crippen LogP contribution in [0.25, 0.3) is 6.08 Å². The molecule has 11 heteroatoms. The molecule has 0 spiro atoms. The highest BCUT2D eigenvalue weighted by Crippen LogP contribution is 2.39. The van der Waals surface area contributed by atoms with Gasteiger partial charge in [-0.3, -0.25) is 4.79 Å². The molecule has 0 fully saturated rings. The van der Waals surface area contributed by atoms with Gasteiger partial charge in [-0.1, -0.05) is 0 Å². The largest absolute Gasteiger partial charge is 0.476 e. The van der Waals surface area contributed by atoms with Crippen LogP contribution in [-0.4, -0.2) is 18.4 Å². The van der Waals surface area contributed by atoms with Crippen LogP contribution < -0.4 is 14.2 Å². The van der Waals surface area contributed by atoms with Gasteiger partial charge >= 0.3 is 5.97 Å². The molecule has 4 rings (SSSR count). The Hall–Kier alpha value is -4.15. The Bertz CT molecular complexity index is 1350. The molecule has 1 aromatic heterocycles. The van der Waals surface area contributed by atoms with Gasteiger partial charge in [0.1, 0.15) is 23.0 Å². The van der Waals surface area contributed by atoms with Gasteiger partial charge in [-0.25, -0.2) is 18.0 Å². The number of carbonyl (C=O) groups is 2. The highest BCUT2D eigenvalue weighted by molar-refractivity contribution is 6.14. The number of esters is 1. The summed E-state index contributed by atoms with van der Waals surface area (Å²) < 4.78 is 87.4. The number of carbonyl (C=O) groups excluding carboxylic acids is 2. The van der Waals surface area contributed by atoms with E-state index in [1.54, 1.807) is 19.1 Å². The number of ketones is 1. The van der Waals surface area contributed by atoms with E-state index in [9.17, 15) is 31.5 Å². The summed E-state index contributed by atoms with van der Waals surface area (Å²) in [6.07, 6.45) is 1.40. The predicted molar refractivity (Wildman–Crippen MR) is 105 cm³/mol. The number of allylic oxidation sites excluding steroid dienone is 1. The minimum absolute atomic E-state index is 0.0226. The maximum atomic E-state index is 13.7. The summed E-state index contributed by atoms with van der Waals surface area (Å²) in [6, 6.07) is 5.97. The first-order chi connectivity index (χ1) is 16.1. The second kappa shape index (κ2) is 8.65. The Morgan fingerprint density at radius 3 is 2.21 bits per heavy atom. The molecular weight excluding hydrogens is 467 g/mol. The standard InChI is InChI=1S/C23H13F5O6/c1-9-3-4-11(32-9)7-14-21(30)12-5-6-13(10(2)22(12)34-14)33-15(29)8-31-23-19(27)17(25)16(24)18(26)20(23)28/h3-7H,8H2,1-2H3/b14-7-. The topological polar surface area (TPSA) is 75.0 Å². The van der Waals surface area contributed by atoms with Gasteiger partial charge in [0.15, 0.2) is 18.1 Å². The molecule has 1 aliphatic rings. The van der Waals surface area contributed by atoms with Gasteiger partial charge in [0.05, 0.1) is 5.56 Å². The number of halogens is 5. The van der Waals surface area contributed by atoms with Crippen molar-refractivity contribution in [3.05, 3.63) is 81.8 Å². The highest BCUT2D eigenvalue weighted by Gasteiger charge is 2.31. The molecular formula is C23H13F5O6. The monoisotopic (exact) mass is 480 g/mol. The van der Waals surface area contributed by atoms with Crippen LogP contribution in [-0.2, 0) is 4.79 Å². The molecule has 2 heterocycles. The number of furan rings is 1. The number of Topliss-reactive ketones (excluding diaryl/α,β-unsaturated/α-hetero) is 1. The normalized spacial score (nSPS) is 13.7. The number of benzene rings is 2. The van der Waals surface area contributed by atoms with E-state index in [2.05, 4.69) is 4.74 Å². The number of aryl methyl sites for hydroxylation is 1. The summed E-state index contributed by atoms with van der Waals surface area (Å²) in [6.45, 7) is 2.05. The molecule has 0 saturated heterocycles. The van der Waals surface area contributed by atoms with Gasteiger partial charge in [0.2, 0.25) is 34.9 Å². The average molecular weight is 480 g/mol. The molecule has 0 aliphatic carbocycles. The molecule has 2 aromatic carbocycles. The van der Waals surface area contributed by atoms with E-state index in [1.165, 1.54) is 25.1 Å². The summed E-state index contributed by atoms with van der Waals surface area (Å²) in [5, 5.41) is 0. The second-order valence-electron chi connectivity index (χ2n) is 7.12. The van der Waals surface area contributed by atoms with Gasteiger partial charge < -0.3 is 18.6 Å². The quantitative estimate of drug-likeness (QED) is 0.125. The lowest BCUT2D eigenvalue weighted by Crippen LogP contribution is -2.20. The smallest absolute Gasteiger partial charge is 0.349 e. The minimum atomic E-state index is -2.36. The SMILES string of the molecule is Cc1ccc(/C=C2\Oc3c(ccc(OC(=O)COc4c(F)c(F)c(F)c(F)c4F)c3C)C2=O)o1. The summed E-state index contributed by atoms with van der Waals surface area (Å²) in [5.41, 5.74) is 0.443. The van der Waals surface area contributed by atoms with Crippen molar-refractivity contribution in [2.24, 2.45) is 0 Å². The van der Waals surface area contributed by atoms with Crippen molar-refractivity contribution in [3.8, 4) is 17.2 Å². The summed E-state index contributed by atoms with van der Waals surface area (Å²) >= 11 is 0. The van der Waals surface area contributed by atoms with Crippen molar-refractivity contribution < 1.29 is 50.2 Å². The van der Waals surface area contributed by atoms with E-state index in [-0.39, 0.29) is 28.4 Å². The summed E-state index contributed by atoms with van der Waals surface area (Å²) in [5.74, 6) is -13.5. The number of rotatable bonds is 5. The van der Waals surface area contributed by atoms with Crippen molar-refractivity contribution in [1.82, 2.24) is 0 Å². The van der Waals surface area contributed by atoms with Crippen LogP contribution in [0.15, 0.2) is 34.4 Å². The molecule has 0 radical (unpaired) electrons. The maximum absolute atomic E-state index is 13.7. The van der Waals surface area contributed by atoms with E-state index < -0.39 is 53.2 Å². The Kier molecular flexibility index (Phi) is 5.86. The molecule has 6 nitrogen and oxygen atoms in total. The number of ether oxygens (including phenoxy) is 3. The number of hydrogen-bond donors (Lipinski definition) is 0. The van der Waals surface area contributed by atoms with Gasteiger partial charge in [-0.15, -0.1) is 0 Å². The third-order valence-corrected chi connectivity index (χ3v) is 4.80. The molecule has 0 amide bonds. The van der Waals surface area contributed by atoms with Gasteiger partial charge in [-0.05, 0) is 38.1 Å². The van der Waals surface area contributed by atoms with Crippen molar-refractivity contribution >= 4 is 17.8 Å². The fraction of sp³-hybridized carbons (Fsp3) is 0.130. The van der Waals surface area contributed by atoms with Crippen LogP contribution in [0, 0.1) is 42.9 Å². The van der Waals surface area contributed by atoms with E-state index in [1.807, 2.05) is 0 Å². The van der Waals surface area contributed by atoms with Crippen molar-refractivity contribution in [2.75, 3.05) is 6.61 Å². The highest BCUT2D eigenvalue weighted by atomic mass is 19.2. The van der Waals surface area contributed by atoms with Gasteiger partial charge in [0, 0.05) is 11.6 Å². The fourth-order valence-corrected chi connectivity index (χ4v) is 3.13. The molecule has 34 heavy (non-hydrogen) atoms. The zero-order valence-corrected chi connectivity index (χ0v) is 17.4. The Labute approximate surface area is 188 Å². The van der Waals surface area contributed by atoms with Crippen molar-refractivity contribution in [1.29, 1.82) is 0 Å². The molecule has 3 aromatic rings. The first-order valence-corrected chi connectivity index (χ1v) is 9.57. The first-order valence-electron chi connectivity index (χ1n) is 9.57. The number of fused-ring (bicyclic) bond motifs is 1. The molecule has 1 aliphatic heterocycles. The van der Waals surface area contributed by atoms with Gasteiger partial charge in [0.25, 0.3) is 0 Å². The lowest BCUT2D eigenvalue weighted by Gasteiger charge is -2.12. The molecule has 0 unspecified atom stereocenters. The zero-order chi connectivity index (χ0) is 24.7. The van der Waals surface area contributed by atoms with E-state index in [0.29, 0.717) is 11.5 Å². The van der Waals surface area contributed by atoms with Gasteiger partial charge in [-0.2, -0.15) is 8.78 Å². The summed E-state index contributed by atoms with van der Waals surface area (Å²) in [7, 11) is 0. The van der Waals surface area contributed by atoms with Crippen LogP contribution in [0.5, 0.6) is 17.2 Å². The zero-order valence-electron chi connectivity index (χ0n) is 17.4. The van der Waals surface area contributed by atoms with Crippen molar-refractivity contribution in [3.63, 3.8) is 0 Å². The third-order valence-electron chi connectivity index (χ3n) is 4.80. The van der Waals surface area contributed by atoms with Crippen LogP contribution >= 0.6 is 0 Å². The second-order valence-corrected chi connectivity index (χ2v) is 7.12. The molecule has 0 atom stereocenters. The third kappa shape index (κ3) is 4.00. The first kappa shape index (κ1) is 23.0. The molecule has 0 N–H and O–H groups in total. The minimum Gasteiger partial charge on any atom is -0.476 e. The van der Waals surface area contributed by atoms with Crippen LogP contribution in [0.4, 0.5) is 22.0 Å². The molecule has 0 saturated carbocycles. The number of hydrogen-bond acceptors (Lipinski definition) is 6. The summed E-state index contributed by atoms with van der Waals surface area (Å²) in [4.78, 5) is 24.7. The van der Waals surface area contributed by atoms with E-state index >= 15 is 0 Å². The average Bonchev–Trinajstić information content (AvgIpc) is 3.36. The lowest BCUT2D eigenvalue weighted by molar-refractivity contribution is -0.136. The predicted octanol–water partition coefficient (Wildman–Crippen LogP) is 5.19. The molecule has 0 bridgehead atoms. The van der Waals surface area contributed by atoms with E-state index in [0.717, 1.165) is 0 Å². The van der Waals surface area contributed by atoms with Crippen molar-refractivity contribution in [2.45, 2.75) is 13.8 Å². The maximum Gasteiger partial charge on any atom is 0.349 e. The fourth-order valence-electron chi connectivity index (χ4n) is 3.13. The van der Waals surface area contributed by atoms with Crippen LogP contribution in [0.3, 0.4) is 0 Å². The Morgan fingerprint density at radius 1 is 0.941 bits per heavy atom. The van der Waals surface area contributed by atoms with E-state index in [4.69, 9.17) is 13.9 Å². The lowest BCUT2D eigenvalue weighted by atomic mass is 10.1. The molecule has 176 valence electrons.